The largest absolute Gasteiger partial charge is 0.492 e. The van der Waals surface area contributed by atoms with E-state index >= 15 is 0 Å². The maximum atomic E-state index is 13.4. The summed E-state index contributed by atoms with van der Waals surface area (Å²) in [4.78, 5) is 4.76. The average molecular weight is 524 g/mol. The van der Waals surface area contributed by atoms with Crippen molar-refractivity contribution in [2.45, 2.75) is 16.8 Å². The second-order valence-corrected chi connectivity index (χ2v) is 9.90. The highest BCUT2D eigenvalue weighted by molar-refractivity contribution is 9.10. The summed E-state index contributed by atoms with van der Waals surface area (Å²) >= 11 is 3.33. The third kappa shape index (κ3) is 3.81. The Bertz CT molecular complexity index is 1580. The van der Waals surface area contributed by atoms with E-state index < -0.39 is 9.84 Å². The van der Waals surface area contributed by atoms with Crippen molar-refractivity contribution in [3.05, 3.63) is 77.3 Å². The van der Waals surface area contributed by atoms with Crippen molar-refractivity contribution in [2.75, 3.05) is 11.9 Å². The zero-order valence-electron chi connectivity index (χ0n) is 17.4. The lowest BCUT2D eigenvalue weighted by molar-refractivity contribution is 0.342. The topological polar surface area (TPSA) is 98.5 Å². The number of fused-ring (bicyclic) bond motifs is 3. The van der Waals surface area contributed by atoms with Crippen LogP contribution >= 0.6 is 15.9 Å². The van der Waals surface area contributed by atoms with Gasteiger partial charge in [-0.05, 0) is 55.5 Å². The van der Waals surface area contributed by atoms with E-state index in [-0.39, 0.29) is 15.6 Å². The number of anilines is 2. The molecule has 166 valence electrons. The Morgan fingerprint density at radius 3 is 2.52 bits per heavy atom. The first-order valence-electron chi connectivity index (χ1n) is 10.1. The molecular weight excluding hydrogens is 506 g/mol. The summed E-state index contributed by atoms with van der Waals surface area (Å²) in [5.41, 5.74) is 1.52. The van der Waals surface area contributed by atoms with E-state index in [4.69, 9.17) is 4.74 Å². The van der Waals surface area contributed by atoms with Crippen molar-refractivity contribution in [1.82, 2.24) is 19.8 Å². The van der Waals surface area contributed by atoms with Gasteiger partial charge in [-0.15, -0.1) is 5.10 Å². The molecule has 0 amide bonds. The summed E-state index contributed by atoms with van der Waals surface area (Å²) in [6.45, 7) is 2.42. The molecule has 33 heavy (non-hydrogen) atoms. The van der Waals surface area contributed by atoms with E-state index in [1.165, 1.54) is 16.6 Å². The van der Waals surface area contributed by atoms with Crippen LogP contribution in [-0.2, 0) is 9.84 Å². The zero-order valence-corrected chi connectivity index (χ0v) is 19.8. The first-order chi connectivity index (χ1) is 16.0. The molecule has 2 aromatic heterocycles. The van der Waals surface area contributed by atoms with Crippen molar-refractivity contribution in [1.29, 1.82) is 0 Å². The molecule has 0 saturated carbocycles. The molecule has 0 radical (unpaired) electrons. The summed E-state index contributed by atoms with van der Waals surface area (Å²) < 4.78 is 34.6. The summed E-state index contributed by atoms with van der Waals surface area (Å²) in [7, 11) is -3.94. The van der Waals surface area contributed by atoms with Crippen LogP contribution in [0.25, 0.3) is 16.6 Å². The smallest absolute Gasteiger partial charge is 0.229 e. The highest BCUT2D eigenvalue weighted by Gasteiger charge is 2.27. The van der Waals surface area contributed by atoms with Gasteiger partial charge in [0.1, 0.15) is 11.6 Å². The fourth-order valence-electron chi connectivity index (χ4n) is 3.52. The Hall–Kier alpha value is -3.50. The minimum absolute atomic E-state index is 0.110. The molecule has 0 atom stereocenters. The van der Waals surface area contributed by atoms with Crippen LogP contribution in [0.3, 0.4) is 0 Å². The molecule has 10 heteroatoms. The van der Waals surface area contributed by atoms with E-state index in [0.717, 1.165) is 9.86 Å². The second-order valence-electron chi connectivity index (χ2n) is 7.12. The minimum Gasteiger partial charge on any atom is -0.492 e. The third-order valence-electron chi connectivity index (χ3n) is 5.04. The summed E-state index contributed by atoms with van der Waals surface area (Å²) in [5, 5.41) is 12.0. The van der Waals surface area contributed by atoms with Gasteiger partial charge in [0.25, 0.3) is 0 Å². The zero-order chi connectivity index (χ0) is 23.0. The number of aromatic nitrogens is 4. The summed E-state index contributed by atoms with van der Waals surface area (Å²) in [6, 6.07) is 21.3. The van der Waals surface area contributed by atoms with Gasteiger partial charge in [-0.2, -0.15) is 4.52 Å². The monoisotopic (exact) mass is 523 g/mol. The van der Waals surface area contributed by atoms with Gasteiger partial charge in [-0.25, -0.2) is 13.4 Å². The van der Waals surface area contributed by atoms with Gasteiger partial charge in [0.15, 0.2) is 5.65 Å². The van der Waals surface area contributed by atoms with Crippen molar-refractivity contribution in [2.24, 2.45) is 0 Å². The number of halogens is 1. The number of rotatable bonds is 6. The van der Waals surface area contributed by atoms with Crippen LogP contribution in [-0.4, -0.2) is 34.8 Å². The number of nitrogens with one attached hydrogen (secondary N) is 1. The van der Waals surface area contributed by atoms with Gasteiger partial charge >= 0.3 is 0 Å². The molecule has 0 unspecified atom stereocenters. The molecule has 0 fully saturated rings. The fourth-order valence-corrected chi connectivity index (χ4v) is 5.02. The van der Waals surface area contributed by atoms with Crippen LogP contribution in [0, 0.1) is 0 Å². The predicted molar refractivity (Wildman–Crippen MR) is 129 cm³/mol. The molecule has 0 aliphatic heterocycles. The number of benzene rings is 3. The Balaban J connectivity index is 1.72. The van der Waals surface area contributed by atoms with Crippen molar-refractivity contribution in [3.8, 4) is 5.75 Å². The van der Waals surface area contributed by atoms with Crippen LogP contribution in [0.5, 0.6) is 5.75 Å². The molecule has 1 N–H and O–H groups in total. The lowest BCUT2D eigenvalue weighted by Crippen LogP contribution is -2.06. The lowest BCUT2D eigenvalue weighted by Gasteiger charge is -2.14. The Kier molecular flexibility index (Phi) is 5.47. The van der Waals surface area contributed by atoms with E-state index in [1.807, 2.05) is 55.5 Å². The molecule has 0 aliphatic rings. The van der Waals surface area contributed by atoms with Crippen LogP contribution in [0.4, 0.5) is 11.5 Å². The van der Waals surface area contributed by atoms with E-state index in [0.29, 0.717) is 29.4 Å². The van der Waals surface area contributed by atoms with Gasteiger partial charge in [0.2, 0.25) is 14.9 Å². The predicted octanol–water partition coefficient (Wildman–Crippen LogP) is 5.02. The number of nitrogens with zero attached hydrogens (tertiary/aromatic N) is 4. The van der Waals surface area contributed by atoms with Gasteiger partial charge in [-0.3, -0.25) is 0 Å². The van der Waals surface area contributed by atoms with Crippen molar-refractivity contribution in [3.63, 3.8) is 0 Å². The van der Waals surface area contributed by atoms with Crippen molar-refractivity contribution < 1.29 is 13.2 Å². The number of ether oxygens (including phenoxy) is 1. The molecule has 0 aliphatic carbocycles. The quantitative estimate of drug-likeness (QED) is 0.333. The molecular formula is C23H18BrN5O3S. The molecule has 0 spiro atoms. The lowest BCUT2D eigenvalue weighted by atomic mass is 10.2. The van der Waals surface area contributed by atoms with Crippen LogP contribution in [0.2, 0.25) is 0 Å². The Labute approximate surface area is 198 Å². The Morgan fingerprint density at radius 2 is 1.73 bits per heavy atom. The Morgan fingerprint density at radius 1 is 1.00 bits per heavy atom. The standard InChI is InChI=1S/C23H18BrN5O3S/c1-2-32-20-10-6-4-8-18(20)25-21-17-7-3-5-9-19(17)29-22(26-21)23(27-28-29)33(30,31)16-13-11-15(24)12-14-16/h3-14H,2H2,1H3,(H,25,26). The van der Waals surface area contributed by atoms with E-state index in [1.54, 1.807) is 12.1 Å². The molecule has 3 aromatic carbocycles. The number of sulfone groups is 1. The van der Waals surface area contributed by atoms with Gasteiger partial charge in [-0.1, -0.05) is 45.4 Å². The highest BCUT2D eigenvalue weighted by atomic mass is 79.9. The maximum absolute atomic E-state index is 13.4. The molecule has 2 heterocycles. The second kappa shape index (κ2) is 8.45. The molecule has 5 rings (SSSR count). The molecule has 0 saturated heterocycles. The number of para-hydroxylation sites is 3. The summed E-state index contributed by atoms with van der Waals surface area (Å²) in [6.07, 6.45) is 0. The van der Waals surface area contributed by atoms with Gasteiger partial charge in [0.05, 0.1) is 22.7 Å². The van der Waals surface area contributed by atoms with Crippen LogP contribution in [0.15, 0.2) is 87.2 Å². The molecule has 0 bridgehead atoms. The first kappa shape index (κ1) is 21.4. The van der Waals surface area contributed by atoms with E-state index in [9.17, 15) is 8.42 Å². The van der Waals surface area contributed by atoms with Crippen molar-refractivity contribution >= 4 is 53.8 Å². The molecule has 8 nitrogen and oxygen atoms in total. The van der Waals surface area contributed by atoms with Gasteiger partial charge in [0, 0.05) is 9.86 Å². The minimum atomic E-state index is -3.94. The normalized spacial score (nSPS) is 11.7. The van der Waals surface area contributed by atoms with Crippen LogP contribution < -0.4 is 10.1 Å². The summed E-state index contributed by atoms with van der Waals surface area (Å²) in [5.74, 6) is 1.14. The SMILES string of the molecule is CCOc1ccccc1Nc1nc2c(S(=O)(=O)c3ccc(Br)cc3)nnn2c2ccccc12. The van der Waals surface area contributed by atoms with Gasteiger partial charge < -0.3 is 10.1 Å². The molecule has 5 aromatic rings. The number of hydrogen-bond acceptors (Lipinski definition) is 7. The van der Waals surface area contributed by atoms with E-state index in [2.05, 4.69) is 36.5 Å². The average Bonchev–Trinajstić information content (AvgIpc) is 3.26. The van der Waals surface area contributed by atoms with Crippen LogP contribution in [0.1, 0.15) is 6.92 Å². The highest BCUT2D eigenvalue weighted by Crippen LogP contribution is 2.32. The number of hydrogen-bond donors (Lipinski definition) is 1. The third-order valence-corrected chi connectivity index (χ3v) is 7.24. The maximum Gasteiger partial charge on any atom is 0.229 e. The first-order valence-corrected chi connectivity index (χ1v) is 12.4. The fraction of sp³-hybridized carbons (Fsp3) is 0.0870.